The maximum Gasteiger partial charge on any atom is 0.165 e. The molecular formula is C12H9ClFN3S. The van der Waals surface area contributed by atoms with Crippen LogP contribution in [-0.2, 0) is 0 Å². The number of anilines is 2. The van der Waals surface area contributed by atoms with E-state index in [0.29, 0.717) is 11.4 Å². The van der Waals surface area contributed by atoms with Gasteiger partial charge in [0.05, 0.1) is 16.3 Å². The zero-order chi connectivity index (χ0) is 13.1. The van der Waals surface area contributed by atoms with Gasteiger partial charge in [0, 0.05) is 6.20 Å². The third kappa shape index (κ3) is 2.57. The second kappa shape index (κ2) is 5.29. The number of hydrogen-bond acceptors (Lipinski definition) is 3. The third-order valence-corrected chi connectivity index (χ3v) is 2.79. The van der Waals surface area contributed by atoms with Crippen LogP contribution in [0.15, 0.2) is 36.5 Å². The second-order valence-electron chi connectivity index (χ2n) is 3.49. The van der Waals surface area contributed by atoms with Crippen LogP contribution in [0.25, 0.3) is 0 Å². The number of nitrogens with zero attached hydrogens (tertiary/aromatic N) is 1. The van der Waals surface area contributed by atoms with E-state index in [0.717, 1.165) is 0 Å². The molecule has 0 fully saturated rings. The molecule has 3 N–H and O–H groups in total. The summed E-state index contributed by atoms with van der Waals surface area (Å²) in [7, 11) is 0. The minimum Gasteiger partial charge on any atom is -0.389 e. The van der Waals surface area contributed by atoms with Crippen molar-refractivity contribution in [3.63, 3.8) is 0 Å². The van der Waals surface area contributed by atoms with Crippen LogP contribution in [0.5, 0.6) is 0 Å². The highest BCUT2D eigenvalue weighted by atomic mass is 35.5. The van der Waals surface area contributed by atoms with Crippen LogP contribution < -0.4 is 11.1 Å². The summed E-state index contributed by atoms with van der Waals surface area (Å²) in [5.41, 5.74) is 6.34. The number of nitrogens with one attached hydrogen (secondary N) is 1. The number of thiocarbonyl (C=S) groups is 1. The van der Waals surface area contributed by atoms with Crippen LogP contribution in [0.3, 0.4) is 0 Å². The van der Waals surface area contributed by atoms with Crippen molar-refractivity contribution in [1.29, 1.82) is 0 Å². The Morgan fingerprint density at radius 1 is 1.33 bits per heavy atom. The fourth-order valence-electron chi connectivity index (χ4n) is 1.43. The van der Waals surface area contributed by atoms with Gasteiger partial charge in [0.1, 0.15) is 10.8 Å². The lowest BCUT2D eigenvalue weighted by atomic mass is 10.2. The van der Waals surface area contributed by atoms with Crippen molar-refractivity contribution < 1.29 is 4.39 Å². The summed E-state index contributed by atoms with van der Waals surface area (Å²) in [6.07, 6.45) is 1.56. The van der Waals surface area contributed by atoms with Gasteiger partial charge in [-0.1, -0.05) is 29.9 Å². The summed E-state index contributed by atoms with van der Waals surface area (Å²) in [5, 5.41) is 2.86. The minimum absolute atomic E-state index is 0.0350. The Morgan fingerprint density at radius 3 is 2.83 bits per heavy atom. The molecule has 1 aromatic carbocycles. The molecule has 0 radical (unpaired) electrons. The first-order chi connectivity index (χ1) is 8.59. The number of halogens is 2. The molecule has 92 valence electrons. The molecule has 1 heterocycles. The van der Waals surface area contributed by atoms with Gasteiger partial charge >= 0.3 is 0 Å². The SMILES string of the molecule is NC(=S)c1cccnc1Nc1cccc(Cl)c1F. The van der Waals surface area contributed by atoms with Crippen molar-refractivity contribution in [3.8, 4) is 0 Å². The van der Waals surface area contributed by atoms with E-state index >= 15 is 0 Å². The van der Waals surface area contributed by atoms with Crippen LogP contribution in [0.1, 0.15) is 5.56 Å². The van der Waals surface area contributed by atoms with Crippen molar-refractivity contribution in [1.82, 2.24) is 4.98 Å². The zero-order valence-corrected chi connectivity index (χ0v) is 10.7. The second-order valence-corrected chi connectivity index (χ2v) is 4.34. The first kappa shape index (κ1) is 12.7. The molecule has 0 spiro atoms. The number of pyridine rings is 1. The summed E-state index contributed by atoms with van der Waals surface area (Å²) >= 11 is 10.6. The summed E-state index contributed by atoms with van der Waals surface area (Å²) in [4.78, 5) is 4.27. The normalized spacial score (nSPS) is 10.1. The Morgan fingerprint density at radius 2 is 2.11 bits per heavy atom. The average Bonchev–Trinajstić information content (AvgIpc) is 2.35. The van der Waals surface area contributed by atoms with E-state index in [9.17, 15) is 4.39 Å². The predicted molar refractivity (Wildman–Crippen MR) is 74.8 cm³/mol. The number of benzene rings is 1. The maximum absolute atomic E-state index is 13.7. The lowest BCUT2D eigenvalue weighted by Gasteiger charge is -2.10. The molecule has 0 aliphatic heterocycles. The molecule has 3 nitrogen and oxygen atoms in total. The molecule has 0 atom stereocenters. The van der Waals surface area contributed by atoms with E-state index in [1.807, 2.05) is 0 Å². The monoisotopic (exact) mass is 281 g/mol. The Bertz CT molecular complexity index is 604. The number of rotatable bonds is 3. The molecule has 0 unspecified atom stereocenters. The minimum atomic E-state index is -0.543. The molecule has 18 heavy (non-hydrogen) atoms. The van der Waals surface area contributed by atoms with Crippen molar-refractivity contribution in [2.45, 2.75) is 0 Å². The first-order valence-corrected chi connectivity index (χ1v) is 5.84. The molecule has 0 aliphatic carbocycles. The van der Waals surface area contributed by atoms with Crippen molar-refractivity contribution in [3.05, 3.63) is 52.9 Å². The van der Waals surface area contributed by atoms with E-state index in [-0.39, 0.29) is 15.7 Å². The molecule has 0 saturated carbocycles. The van der Waals surface area contributed by atoms with Gasteiger partial charge in [-0.3, -0.25) is 0 Å². The smallest absolute Gasteiger partial charge is 0.165 e. The summed E-state index contributed by atoms with van der Waals surface area (Å²) < 4.78 is 13.7. The fraction of sp³-hybridized carbons (Fsp3) is 0. The van der Waals surface area contributed by atoms with Gasteiger partial charge in [-0.15, -0.1) is 0 Å². The van der Waals surface area contributed by atoms with Crippen molar-refractivity contribution in [2.75, 3.05) is 5.32 Å². The number of hydrogen-bond donors (Lipinski definition) is 2. The fourth-order valence-corrected chi connectivity index (χ4v) is 1.77. The highest BCUT2D eigenvalue weighted by molar-refractivity contribution is 7.80. The summed E-state index contributed by atoms with van der Waals surface area (Å²) in [6, 6.07) is 8.07. The molecule has 1 aromatic heterocycles. The molecule has 0 amide bonds. The van der Waals surface area contributed by atoms with Gasteiger partial charge in [-0.2, -0.15) is 0 Å². The standard InChI is InChI=1S/C12H9ClFN3S/c13-8-4-1-5-9(10(8)14)17-12-7(11(15)18)3-2-6-16-12/h1-6H,(H2,15,18)(H,16,17). The van der Waals surface area contributed by atoms with Gasteiger partial charge in [0.15, 0.2) is 5.82 Å². The maximum atomic E-state index is 13.7. The third-order valence-electron chi connectivity index (χ3n) is 2.28. The van der Waals surface area contributed by atoms with Crippen LogP contribution in [-0.4, -0.2) is 9.97 Å². The van der Waals surface area contributed by atoms with E-state index in [4.69, 9.17) is 29.6 Å². The van der Waals surface area contributed by atoms with Crippen LogP contribution in [0, 0.1) is 5.82 Å². The Labute approximate surface area is 114 Å². The van der Waals surface area contributed by atoms with Crippen LogP contribution in [0.4, 0.5) is 15.9 Å². The lowest BCUT2D eigenvalue weighted by Crippen LogP contribution is -2.13. The number of aromatic nitrogens is 1. The number of nitrogens with two attached hydrogens (primary N) is 1. The molecule has 2 aromatic rings. The van der Waals surface area contributed by atoms with Crippen molar-refractivity contribution in [2.24, 2.45) is 5.73 Å². The molecule has 0 saturated heterocycles. The van der Waals surface area contributed by atoms with E-state index in [1.54, 1.807) is 30.5 Å². The highest BCUT2D eigenvalue weighted by Crippen LogP contribution is 2.25. The molecule has 2 rings (SSSR count). The van der Waals surface area contributed by atoms with Gasteiger partial charge in [0.25, 0.3) is 0 Å². The molecule has 6 heteroatoms. The average molecular weight is 282 g/mol. The Kier molecular flexibility index (Phi) is 3.74. The first-order valence-electron chi connectivity index (χ1n) is 5.05. The largest absolute Gasteiger partial charge is 0.389 e. The highest BCUT2D eigenvalue weighted by Gasteiger charge is 2.10. The molecule has 0 bridgehead atoms. The van der Waals surface area contributed by atoms with Gasteiger partial charge in [-0.05, 0) is 24.3 Å². The van der Waals surface area contributed by atoms with E-state index in [2.05, 4.69) is 10.3 Å². The van der Waals surface area contributed by atoms with Gasteiger partial charge in [-0.25, -0.2) is 9.37 Å². The summed E-state index contributed by atoms with van der Waals surface area (Å²) in [6.45, 7) is 0. The predicted octanol–water partition coefficient (Wildman–Crippen LogP) is 3.25. The topological polar surface area (TPSA) is 50.9 Å². The quantitative estimate of drug-likeness (QED) is 0.848. The zero-order valence-electron chi connectivity index (χ0n) is 9.15. The van der Waals surface area contributed by atoms with Crippen LogP contribution in [0.2, 0.25) is 5.02 Å². The van der Waals surface area contributed by atoms with Gasteiger partial charge in [0.2, 0.25) is 0 Å². The molecular weight excluding hydrogens is 273 g/mol. The van der Waals surface area contributed by atoms with E-state index < -0.39 is 5.82 Å². The molecule has 0 aliphatic rings. The lowest BCUT2D eigenvalue weighted by molar-refractivity contribution is 0.632. The van der Waals surface area contributed by atoms with E-state index in [1.165, 1.54) is 6.07 Å². The van der Waals surface area contributed by atoms with Crippen molar-refractivity contribution >= 4 is 40.3 Å². The van der Waals surface area contributed by atoms with Gasteiger partial charge < -0.3 is 11.1 Å². The van der Waals surface area contributed by atoms with Crippen LogP contribution >= 0.6 is 23.8 Å². The Balaban J connectivity index is 2.40. The Hall–Kier alpha value is -1.72. The summed E-state index contributed by atoms with van der Waals surface area (Å²) in [5.74, 6) is -0.148.